The zero-order valence-corrected chi connectivity index (χ0v) is 7.21. The molecule has 0 amide bonds. The lowest BCUT2D eigenvalue weighted by atomic mass is 10.0. The van der Waals surface area contributed by atoms with Crippen LogP contribution >= 0.6 is 23.2 Å². The fraction of sp³-hybridized carbons (Fsp3) is 0.857. The molecule has 0 N–H and O–H groups in total. The van der Waals surface area contributed by atoms with Crippen LogP contribution in [0.1, 0.15) is 25.7 Å². The van der Waals surface area contributed by atoms with E-state index in [1.54, 1.807) is 0 Å². The Labute approximate surface area is 70.7 Å². The second-order valence-electron chi connectivity index (χ2n) is 2.73. The lowest BCUT2D eigenvalue weighted by molar-refractivity contribution is -0.119. The van der Waals surface area contributed by atoms with E-state index in [0.717, 1.165) is 25.7 Å². The number of carbonyl (C=O) groups excluding carboxylic acids is 1. The molecule has 1 rings (SSSR count). The molecule has 0 aromatic carbocycles. The van der Waals surface area contributed by atoms with Gasteiger partial charge in [-0.25, -0.2) is 0 Å². The highest BCUT2D eigenvalue weighted by atomic mass is 35.5. The van der Waals surface area contributed by atoms with Gasteiger partial charge in [0.15, 0.2) is 5.78 Å². The fourth-order valence-electron chi connectivity index (χ4n) is 1.33. The zero-order chi connectivity index (χ0) is 7.61. The Morgan fingerprint density at radius 1 is 1.40 bits per heavy atom. The molecular formula is C7H10Cl2O. The third kappa shape index (κ3) is 1.46. The molecule has 0 spiro atoms. The minimum absolute atomic E-state index is 0.00617. The predicted molar refractivity (Wildman–Crippen MR) is 42.8 cm³/mol. The summed E-state index contributed by atoms with van der Waals surface area (Å²) in [4.78, 5) is 10.5. The second kappa shape index (κ2) is 3.10. The first-order chi connectivity index (χ1) is 4.69. The van der Waals surface area contributed by atoms with E-state index in [1.165, 1.54) is 0 Å². The van der Waals surface area contributed by atoms with Gasteiger partial charge in [-0.05, 0) is 12.8 Å². The van der Waals surface area contributed by atoms with Crippen LogP contribution in [0, 0.1) is 0 Å². The van der Waals surface area contributed by atoms with Crippen molar-refractivity contribution in [3.05, 3.63) is 0 Å². The van der Waals surface area contributed by atoms with Crippen LogP contribution in [0.4, 0.5) is 0 Å². The number of hydrogen-bond donors (Lipinski definition) is 0. The van der Waals surface area contributed by atoms with Crippen molar-refractivity contribution in [3.8, 4) is 0 Å². The average Bonchev–Trinajstić information content (AvgIpc) is 2.36. The summed E-state index contributed by atoms with van der Waals surface area (Å²) in [5.41, 5.74) is 0. The topological polar surface area (TPSA) is 17.1 Å². The van der Waals surface area contributed by atoms with Gasteiger partial charge >= 0.3 is 0 Å². The molecule has 0 bridgehead atoms. The van der Waals surface area contributed by atoms with Crippen molar-refractivity contribution in [3.63, 3.8) is 0 Å². The molecule has 0 saturated heterocycles. The Kier molecular flexibility index (Phi) is 2.59. The smallest absolute Gasteiger partial charge is 0.168 e. The maximum atomic E-state index is 11.1. The summed E-state index contributed by atoms with van der Waals surface area (Å²) in [5.74, 6) is 0.0529. The minimum Gasteiger partial charge on any atom is -0.296 e. The molecule has 0 aromatic heterocycles. The summed E-state index contributed by atoms with van der Waals surface area (Å²) in [7, 11) is 0. The highest BCUT2D eigenvalue weighted by Crippen LogP contribution is 2.36. The Hall–Kier alpha value is 0.250. The quantitative estimate of drug-likeness (QED) is 0.597. The molecule has 58 valence electrons. The molecule has 1 nitrogen and oxygen atoms in total. The third-order valence-corrected chi connectivity index (χ3v) is 2.85. The number of Topliss-reactive ketones (excluding diaryl/α,β-unsaturated/α-hetero) is 1. The summed E-state index contributed by atoms with van der Waals surface area (Å²) in [5, 5.41) is 0. The molecule has 1 aliphatic carbocycles. The molecule has 0 atom stereocenters. The lowest BCUT2D eigenvalue weighted by Crippen LogP contribution is -2.29. The molecule has 1 fully saturated rings. The first kappa shape index (κ1) is 8.35. The van der Waals surface area contributed by atoms with E-state index in [9.17, 15) is 4.79 Å². The van der Waals surface area contributed by atoms with Gasteiger partial charge < -0.3 is 0 Å². The van der Waals surface area contributed by atoms with E-state index in [-0.39, 0.29) is 11.7 Å². The SMILES string of the molecule is O=C(CCl)C1(Cl)CCCC1. The third-order valence-electron chi connectivity index (χ3n) is 2.02. The van der Waals surface area contributed by atoms with Crippen LogP contribution < -0.4 is 0 Å². The van der Waals surface area contributed by atoms with Crippen molar-refractivity contribution >= 4 is 29.0 Å². The molecule has 1 aliphatic rings. The van der Waals surface area contributed by atoms with Gasteiger partial charge in [0, 0.05) is 0 Å². The number of alkyl halides is 2. The molecule has 0 aromatic rings. The monoisotopic (exact) mass is 180 g/mol. The number of carbonyl (C=O) groups is 1. The van der Waals surface area contributed by atoms with E-state index in [2.05, 4.69) is 0 Å². The maximum absolute atomic E-state index is 11.1. The number of hydrogen-bond acceptors (Lipinski definition) is 1. The molecular weight excluding hydrogens is 171 g/mol. The highest BCUT2D eigenvalue weighted by molar-refractivity contribution is 6.41. The second-order valence-corrected chi connectivity index (χ2v) is 3.72. The van der Waals surface area contributed by atoms with Gasteiger partial charge in [0.1, 0.15) is 4.87 Å². The summed E-state index contributed by atoms with van der Waals surface area (Å²) in [6, 6.07) is 0. The normalized spacial score (nSPS) is 23.0. The van der Waals surface area contributed by atoms with Crippen molar-refractivity contribution < 1.29 is 4.79 Å². The largest absolute Gasteiger partial charge is 0.296 e. The van der Waals surface area contributed by atoms with Gasteiger partial charge in [-0.2, -0.15) is 0 Å². The van der Waals surface area contributed by atoms with Crippen molar-refractivity contribution in [2.75, 3.05) is 5.88 Å². The summed E-state index contributed by atoms with van der Waals surface area (Å²) in [6.07, 6.45) is 3.73. The molecule has 0 unspecified atom stereocenters. The van der Waals surface area contributed by atoms with E-state index in [4.69, 9.17) is 23.2 Å². The molecule has 10 heavy (non-hydrogen) atoms. The molecule has 0 heterocycles. The van der Waals surface area contributed by atoms with E-state index in [0.29, 0.717) is 0 Å². The number of halogens is 2. The van der Waals surface area contributed by atoms with Gasteiger partial charge in [-0.3, -0.25) is 4.79 Å². The molecule has 3 heteroatoms. The Morgan fingerprint density at radius 3 is 2.30 bits per heavy atom. The Balaban J connectivity index is 2.58. The molecule has 0 radical (unpaired) electrons. The highest BCUT2D eigenvalue weighted by Gasteiger charge is 2.37. The van der Waals surface area contributed by atoms with Crippen LogP contribution in [0.5, 0.6) is 0 Å². The zero-order valence-electron chi connectivity index (χ0n) is 5.70. The minimum atomic E-state index is -0.595. The van der Waals surface area contributed by atoms with Crippen LogP contribution in [-0.4, -0.2) is 16.5 Å². The van der Waals surface area contributed by atoms with Gasteiger partial charge in [-0.1, -0.05) is 12.8 Å². The maximum Gasteiger partial charge on any atom is 0.168 e. The van der Waals surface area contributed by atoms with Crippen LogP contribution in [0.25, 0.3) is 0 Å². The van der Waals surface area contributed by atoms with E-state index >= 15 is 0 Å². The molecule has 0 aliphatic heterocycles. The first-order valence-corrected chi connectivity index (χ1v) is 4.38. The average molecular weight is 181 g/mol. The fourth-order valence-corrected chi connectivity index (χ4v) is 1.99. The van der Waals surface area contributed by atoms with Gasteiger partial charge in [-0.15, -0.1) is 23.2 Å². The van der Waals surface area contributed by atoms with Gasteiger partial charge in [0.05, 0.1) is 5.88 Å². The van der Waals surface area contributed by atoms with E-state index < -0.39 is 4.87 Å². The molecule has 1 saturated carbocycles. The van der Waals surface area contributed by atoms with Crippen LogP contribution in [0.15, 0.2) is 0 Å². The van der Waals surface area contributed by atoms with Crippen molar-refractivity contribution in [2.24, 2.45) is 0 Å². The van der Waals surface area contributed by atoms with Crippen LogP contribution in [-0.2, 0) is 4.79 Å². The van der Waals surface area contributed by atoms with Crippen LogP contribution in [0.3, 0.4) is 0 Å². The first-order valence-electron chi connectivity index (χ1n) is 3.47. The van der Waals surface area contributed by atoms with Crippen molar-refractivity contribution in [2.45, 2.75) is 30.6 Å². The Morgan fingerprint density at radius 2 is 1.90 bits per heavy atom. The van der Waals surface area contributed by atoms with Crippen molar-refractivity contribution in [1.82, 2.24) is 0 Å². The van der Waals surface area contributed by atoms with Gasteiger partial charge in [0.2, 0.25) is 0 Å². The summed E-state index contributed by atoms with van der Waals surface area (Å²) in [6.45, 7) is 0. The lowest BCUT2D eigenvalue weighted by Gasteiger charge is -2.16. The van der Waals surface area contributed by atoms with Gasteiger partial charge in [0.25, 0.3) is 0 Å². The number of ketones is 1. The number of rotatable bonds is 2. The summed E-state index contributed by atoms with van der Waals surface area (Å²) >= 11 is 11.4. The predicted octanol–water partition coefficient (Wildman–Crippen LogP) is 2.35. The standard InChI is InChI=1S/C7H10Cl2O/c8-5-6(10)7(9)3-1-2-4-7/h1-5H2. The van der Waals surface area contributed by atoms with Crippen LogP contribution in [0.2, 0.25) is 0 Å². The van der Waals surface area contributed by atoms with Crippen molar-refractivity contribution in [1.29, 1.82) is 0 Å². The summed E-state index contributed by atoms with van der Waals surface area (Å²) < 4.78 is 0. The Bertz CT molecular complexity index is 139. The van der Waals surface area contributed by atoms with E-state index in [1.807, 2.05) is 0 Å².